The molecule has 0 amide bonds. The fraction of sp³-hybridized carbons (Fsp3) is 0.200. The van der Waals surface area contributed by atoms with Gasteiger partial charge in [0.15, 0.2) is 12.4 Å². The Morgan fingerprint density at radius 2 is 1.91 bits per heavy atom. The van der Waals surface area contributed by atoms with E-state index in [2.05, 4.69) is 4.98 Å². The highest BCUT2D eigenvalue weighted by molar-refractivity contribution is 6.30. The van der Waals surface area contributed by atoms with E-state index >= 15 is 0 Å². The number of carbonyl (C=O) groups is 1. The summed E-state index contributed by atoms with van der Waals surface area (Å²) in [6.07, 6.45) is -3.29. The van der Waals surface area contributed by atoms with Crippen LogP contribution in [0.2, 0.25) is 5.02 Å². The van der Waals surface area contributed by atoms with Crippen LogP contribution >= 0.6 is 11.6 Å². The first kappa shape index (κ1) is 16.3. The van der Waals surface area contributed by atoms with E-state index in [1.54, 1.807) is 24.3 Å². The molecule has 22 heavy (non-hydrogen) atoms. The minimum atomic E-state index is -4.47. The molecule has 0 aliphatic carbocycles. The predicted molar refractivity (Wildman–Crippen MR) is 76.2 cm³/mol. The van der Waals surface area contributed by atoms with Crippen LogP contribution in [0.5, 0.6) is 5.88 Å². The highest BCUT2D eigenvalue weighted by Crippen LogP contribution is 2.31. The number of ether oxygens (including phenoxy) is 1. The Labute approximate surface area is 129 Å². The van der Waals surface area contributed by atoms with Crippen molar-refractivity contribution in [2.75, 3.05) is 6.61 Å². The molecule has 0 spiro atoms. The van der Waals surface area contributed by atoms with Gasteiger partial charge in [0.25, 0.3) is 0 Å². The van der Waals surface area contributed by atoms with Gasteiger partial charge in [-0.05, 0) is 30.7 Å². The van der Waals surface area contributed by atoms with Crippen molar-refractivity contribution < 1.29 is 22.7 Å². The molecule has 0 bridgehead atoms. The summed E-state index contributed by atoms with van der Waals surface area (Å²) in [6.45, 7) is -0.112. The molecule has 0 unspecified atom stereocenters. The first-order valence-corrected chi connectivity index (χ1v) is 6.60. The van der Waals surface area contributed by atoms with Gasteiger partial charge in [0.2, 0.25) is 5.88 Å². The Bertz CT molecular complexity index is 684. The van der Waals surface area contributed by atoms with Gasteiger partial charge in [0, 0.05) is 22.3 Å². The number of hydrogen-bond donors (Lipinski definition) is 0. The van der Waals surface area contributed by atoms with E-state index < -0.39 is 12.8 Å². The zero-order valence-electron chi connectivity index (χ0n) is 11.4. The molecule has 2 rings (SSSR count). The van der Waals surface area contributed by atoms with Gasteiger partial charge in [-0.1, -0.05) is 23.7 Å². The first-order chi connectivity index (χ1) is 10.3. The predicted octanol–water partition coefficient (Wildman–Crippen LogP) is 4.55. The standard InChI is InChI=1S/C15H11ClF3NO2/c1-9(21)11-6-13(10-2-4-12(16)5-3-10)14(20-7-11)22-8-15(17,18)19/h2-7H,8H2,1H3. The van der Waals surface area contributed by atoms with Crippen LogP contribution in [0.1, 0.15) is 17.3 Å². The summed E-state index contributed by atoms with van der Waals surface area (Å²) in [5, 5.41) is 0.484. The maximum absolute atomic E-state index is 12.3. The lowest BCUT2D eigenvalue weighted by atomic mass is 10.0. The van der Waals surface area contributed by atoms with E-state index in [1.165, 1.54) is 19.2 Å². The zero-order valence-corrected chi connectivity index (χ0v) is 12.2. The fourth-order valence-electron chi connectivity index (χ4n) is 1.75. The lowest BCUT2D eigenvalue weighted by molar-refractivity contribution is -0.154. The summed E-state index contributed by atoms with van der Waals surface area (Å²) in [7, 11) is 0. The Hall–Kier alpha value is -2.08. The van der Waals surface area contributed by atoms with Gasteiger partial charge in [-0.25, -0.2) is 4.98 Å². The molecular weight excluding hydrogens is 319 g/mol. The van der Waals surface area contributed by atoms with Crippen LogP contribution in [-0.2, 0) is 0 Å². The Morgan fingerprint density at radius 1 is 1.27 bits per heavy atom. The largest absolute Gasteiger partial charge is 0.468 e. The molecular formula is C15H11ClF3NO2. The molecule has 0 saturated heterocycles. The average molecular weight is 330 g/mol. The minimum absolute atomic E-state index is 0.190. The van der Waals surface area contributed by atoms with Crippen LogP contribution in [-0.4, -0.2) is 23.6 Å². The van der Waals surface area contributed by atoms with Gasteiger partial charge >= 0.3 is 6.18 Å². The summed E-state index contributed by atoms with van der Waals surface area (Å²) in [5.41, 5.74) is 1.13. The third-order valence-corrected chi connectivity index (χ3v) is 3.04. The lowest BCUT2D eigenvalue weighted by Gasteiger charge is -2.13. The van der Waals surface area contributed by atoms with Crippen LogP contribution in [0, 0.1) is 0 Å². The van der Waals surface area contributed by atoms with Crippen molar-refractivity contribution in [2.45, 2.75) is 13.1 Å². The number of aromatic nitrogens is 1. The summed E-state index contributed by atoms with van der Waals surface area (Å²) in [6, 6.07) is 7.85. The molecule has 1 heterocycles. The van der Waals surface area contributed by atoms with Gasteiger partial charge in [-0.3, -0.25) is 4.79 Å². The maximum Gasteiger partial charge on any atom is 0.422 e. The summed E-state index contributed by atoms with van der Waals surface area (Å²) >= 11 is 5.79. The molecule has 0 atom stereocenters. The van der Waals surface area contributed by atoms with Crippen molar-refractivity contribution in [1.82, 2.24) is 4.98 Å². The topological polar surface area (TPSA) is 39.2 Å². The van der Waals surface area contributed by atoms with E-state index in [1.807, 2.05) is 0 Å². The second-order valence-electron chi connectivity index (χ2n) is 4.54. The number of rotatable bonds is 4. The number of benzene rings is 1. The van der Waals surface area contributed by atoms with Crippen molar-refractivity contribution >= 4 is 17.4 Å². The van der Waals surface area contributed by atoms with E-state index in [0.717, 1.165) is 0 Å². The van der Waals surface area contributed by atoms with Crippen molar-refractivity contribution in [2.24, 2.45) is 0 Å². The molecule has 1 aromatic heterocycles. The highest BCUT2D eigenvalue weighted by atomic mass is 35.5. The van der Waals surface area contributed by atoms with Crippen molar-refractivity contribution in [3.8, 4) is 17.0 Å². The number of Topliss-reactive ketones (excluding diaryl/α,β-unsaturated/α-hetero) is 1. The zero-order chi connectivity index (χ0) is 16.3. The lowest BCUT2D eigenvalue weighted by Crippen LogP contribution is -2.20. The molecule has 0 aliphatic rings. The van der Waals surface area contributed by atoms with E-state index in [4.69, 9.17) is 16.3 Å². The SMILES string of the molecule is CC(=O)c1cnc(OCC(F)(F)F)c(-c2ccc(Cl)cc2)c1. The molecule has 2 aromatic rings. The second kappa shape index (κ2) is 6.36. The van der Waals surface area contributed by atoms with E-state index in [0.29, 0.717) is 16.1 Å². The monoisotopic (exact) mass is 329 g/mol. The smallest absolute Gasteiger partial charge is 0.422 e. The first-order valence-electron chi connectivity index (χ1n) is 6.23. The third-order valence-electron chi connectivity index (χ3n) is 2.79. The Kier molecular flexibility index (Phi) is 4.71. The molecule has 116 valence electrons. The third kappa shape index (κ3) is 4.21. The molecule has 0 fully saturated rings. The van der Waals surface area contributed by atoms with E-state index in [9.17, 15) is 18.0 Å². The average Bonchev–Trinajstić information content (AvgIpc) is 2.45. The van der Waals surface area contributed by atoms with Gasteiger partial charge in [-0.2, -0.15) is 13.2 Å². The Morgan fingerprint density at radius 3 is 2.45 bits per heavy atom. The minimum Gasteiger partial charge on any atom is -0.468 e. The Balaban J connectivity index is 2.44. The van der Waals surface area contributed by atoms with E-state index in [-0.39, 0.29) is 17.2 Å². The van der Waals surface area contributed by atoms with Gasteiger partial charge in [0.05, 0.1) is 0 Å². The van der Waals surface area contributed by atoms with Gasteiger partial charge in [0.1, 0.15) is 0 Å². The van der Waals surface area contributed by atoms with Crippen molar-refractivity contribution in [3.63, 3.8) is 0 Å². The molecule has 0 N–H and O–H groups in total. The maximum atomic E-state index is 12.3. The summed E-state index contributed by atoms with van der Waals surface area (Å²) in [4.78, 5) is 15.3. The number of ketones is 1. The normalized spacial score (nSPS) is 11.3. The van der Waals surface area contributed by atoms with Crippen molar-refractivity contribution in [1.29, 1.82) is 0 Å². The fourth-order valence-corrected chi connectivity index (χ4v) is 1.87. The highest BCUT2D eigenvalue weighted by Gasteiger charge is 2.29. The second-order valence-corrected chi connectivity index (χ2v) is 4.98. The summed E-state index contributed by atoms with van der Waals surface area (Å²) < 4.78 is 41.7. The van der Waals surface area contributed by atoms with Crippen LogP contribution in [0.15, 0.2) is 36.5 Å². The van der Waals surface area contributed by atoms with Crippen LogP contribution in [0.4, 0.5) is 13.2 Å². The van der Waals surface area contributed by atoms with Gasteiger partial charge in [-0.15, -0.1) is 0 Å². The van der Waals surface area contributed by atoms with Crippen LogP contribution in [0.25, 0.3) is 11.1 Å². The van der Waals surface area contributed by atoms with Gasteiger partial charge < -0.3 is 4.74 Å². The summed E-state index contributed by atoms with van der Waals surface area (Å²) in [5.74, 6) is -0.435. The number of halogens is 4. The van der Waals surface area contributed by atoms with Crippen LogP contribution in [0.3, 0.4) is 0 Å². The van der Waals surface area contributed by atoms with Crippen LogP contribution < -0.4 is 4.74 Å². The molecule has 1 aromatic carbocycles. The molecule has 0 radical (unpaired) electrons. The number of hydrogen-bond acceptors (Lipinski definition) is 3. The number of alkyl halides is 3. The molecule has 0 saturated carbocycles. The number of nitrogens with zero attached hydrogens (tertiary/aromatic N) is 1. The number of pyridine rings is 1. The molecule has 7 heteroatoms. The number of carbonyl (C=O) groups excluding carboxylic acids is 1. The molecule has 3 nitrogen and oxygen atoms in total. The quantitative estimate of drug-likeness (QED) is 0.773. The van der Waals surface area contributed by atoms with Crippen molar-refractivity contribution in [3.05, 3.63) is 47.1 Å². The molecule has 0 aliphatic heterocycles.